The quantitative estimate of drug-likeness (QED) is 0.301. The Bertz CT molecular complexity index is 1660. The molecule has 1 aliphatic rings. The van der Waals surface area contributed by atoms with Gasteiger partial charge in [-0.2, -0.15) is 0 Å². The number of carbonyl (C=O) groups is 3. The second kappa shape index (κ2) is 11.9. The van der Waals surface area contributed by atoms with Crippen LogP contribution in [0.15, 0.2) is 83.6 Å². The first-order chi connectivity index (χ1) is 20.2. The van der Waals surface area contributed by atoms with E-state index in [0.29, 0.717) is 17.1 Å². The van der Waals surface area contributed by atoms with Crippen molar-refractivity contribution in [1.29, 1.82) is 0 Å². The van der Waals surface area contributed by atoms with Crippen LogP contribution in [0.25, 0.3) is 10.8 Å². The average molecular weight is 631 g/mol. The standard InChI is InChI=1S/C32H32BrN5O4/c1-32(35-2,31(34)41)25-19-37(29(39)15-20-7-6-14-36-17-20)26-8-4-5-9-27(26)38(30(25)40)18-24-23-12-11-22(33)16-21(23)10-13-28(24)42-3/h4-14,16-17,25,35H,15,18-19H2,1-3H3,(H2,34,41)/t25-,32?/m1/s1. The molecule has 3 N–H and O–H groups in total. The van der Waals surface area contributed by atoms with E-state index in [9.17, 15) is 14.4 Å². The van der Waals surface area contributed by atoms with E-state index in [1.165, 1.54) is 0 Å². The lowest BCUT2D eigenvalue weighted by atomic mass is 9.83. The molecule has 1 aliphatic heterocycles. The average Bonchev–Trinajstić information content (AvgIpc) is 3.11. The fourth-order valence-electron chi connectivity index (χ4n) is 5.51. The summed E-state index contributed by atoms with van der Waals surface area (Å²) in [7, 11) is 3.18. The van der Waals surface area contributed by atoms with Crippen molar-refractivity contribution in [3.05, 3.63) is 94.7 Å². The maximum atomic E-state index is 14.6. The maximum absolute atomic E-state index is 14.6. The molecule has 3 aromatic carbocycles. The summed E-state index contributed by atoms with van der Waals surface area (Å²) in [6.07, 6.45) is 3.36. The van der Waals surface area contributed by atoms with E-state index in [4.69, 9.17) is 10.5 Å². The number of amides is 3. The molecule has 5 rings (SSSR count). The van der Waals surface area contributed by atoms with Crippen LogP contribution in [0.1, 0.15) is 18.1 Å². The number of rotatable bonds is 8. The van der Waals surface area contributed by atoms with Crippen molar-refractivity contribution in [2.24, 2.45) is 11.7 Å². The van der Waals surface area contributed by atoms with E-state index in [-0.39, 0.29) is 31.3 Å². The molecule has 3 amide bonds. The summed E-state index contributed by atoms with van der Waals surface area (Å²) < 4.78 is 6.68. The van der Waals surface area contributed by atoms with E-state index in [2.05, 4.69) is 26.2 Å². The summed E-state index contributed by atoms with van der Waals surface area (Å²) >= 11 is 3.54. The van der Waals surface area contributed by atoms with Gasteiger partial charge in [0.15, 0.2) is 0 Å². The van der Waals surface area contributed by atoms with Crippen LogP contribution in [-0.2, 0) is 27.3 Å². The normalized spacial score (nSPS) is 16.5. The van der Waals surface area contributed by atoms with Gasteiger partial charge in [0, 0.05) is 29.0 Å². The SMILES string of the molecule is CNC(C)(C(N)=O)[C@@H]1CN(C(=O)Cc2cccnc2)c2ccccc2N(Cc2c(OC)ccc3cc(Br)ccc23)C1=O. The van der Waals surface area contributed by atoms with Crippen molar-refractivity contribution in [3.8, 4) is 5.75 Å². The molecule has 2 atom stereocenters. The number of para-hydroxylation sites is 2. The minimum Gasteiger partial charge on any atom is -0.496 e. The number of primary amides is 1. The zero-order chi connectivity index (χ0) is 30.0. The minimum absolute atomic E-state index is 0.0503. The van der Waals surface area contributed by atoms with Crippen molar-refractivity contribution in [2.75, 3.05) is 30.5 Å². The Hall–Kier alpha value is -4.28. The number of pyridine rings is 1. The fraction of sp³-hybridized carbons (Fsp3) is 0.250. The number of carbonyl (C=O) groups excluding carboxylic acids is 3. The van der Waals surface area contributed by atoms with Gasteiger partial charge in [0.2, 0.25) is 17.7 Å². The molecular formula is C32H32BrN5O4. The molecule has 42 heavy (non-hydrogen) atoms. The van der Waals surface area contributed by atoms with Crippen molar-refractivity contribution in [2.45, 2.75) is 25.4 Å². The fourth-order valence-corrected chi connectivity index (χ4v) is 5.89. The second-order valence-electron chi connectivity index (χ2n) is 10.4. The Morgan fingerprint density at radius 2 is 1.88 bits per heavy atom. The molecule has 9 nitrogen and oxygen atoms in total. The smallest absolute Gasteiger partial charge is 0.238 e. The molecule has 4 aromatic rings. The van der Waals surface area contributed by atoms with Crippen LogP contribution < -0.4 is 25.6 Å². The van der Waals surface area contributed by atoms with Gasteiger partial charge in [-0.1, -0.05) is 46.3 Å². The number of nitrogens with two attached hydrogens (primary N) is 1. The number of benzene rings is 3. The topological polar surface area (TPSA) is 118 Å². The number of ether oxygens (including phenoxy) is 1. The lowest BCUT2D eigenvalue weighted by Gasteiger charge is -2.36. The summed E-state index contributed by atoms with van der Waals surface area (Å²) in [6, 6.07) is 20.7. The zero-order valence-corrected chi connectivity index (χ0v) is 25.2. The first-order valence-corrected chi connectivity index (χ1v) is 14.3. The Kier molecular flexibility index (Phi) is 8.29. The van der Waals surface area contributed by atoms with Crippen molar-refractivity contribution >= 4 is 55.8 Å². The largest absolute Gasteiger partial charge is 0.496 e. The third kappa shape index (κ3) is 5.35. The van der Waals surface area contributed by atoms with E-state index in [1.807, 2.05) is 60.7 Å². The van der Waals surface area contributed by atoms with Gasteiger partial charge >= 0.3 is 0 Å². The lowest BCUT2D eigenvalue weighted by molar-refractivity contribution is -0.133. The number of aromatic nitrogens is 1. The van der Waals surface area contributed by atoms with Crippen LogP contribution in [0.3, 0.4) is 0 Å². The molecule has 0 bridgehead atoms. The number of hydrogen-bond donors (Lipinski definition) is 2. The van der Waals surface area contributed by atoms with Gasteiger partial charge in [-0.15, -0.1) is 0 Å². The number of likely N-dealkylation sites (N-methyl/N-ethyl adjacent to an activating group) is 1. The van der Waals surface area contributed by atoms with Crippen LogP contribution in [0.4, 0.5) is 11.4 Å². The highest BCUT2D eigenvalue weighted by molar-refractivity contribution is 9.10. The molecule has 1 unspecified atom stereocenters. The molecule has 1 aromatic heterocycles. The molecule has 0 radical (unpaired) electrons. The van der Waals surface area contributed by atoms with Crippen molar-refractivity contribution in [3.63, 3.8) is 0 Å². The van der Waals surface area contributed by atoms with Crippen LogP contribution in [0.5, 0.6) is 5.75 Å². The number of halogens is 1. The van der Waals surface area contributed by atoms with Crippen molar-refractivity contribution in [1.82, 2.24) is 10.3 Å². The number of methoxy groups -OCH3 is 1. The van der Waals surface area contributed by atoms with E-state index in [1.54, 1.807) is 49.3 Å². The summed E-state index contributed by atoms with van der Waals surface area (Å²) in [4.78, 5) is 48.7. The number of nitrogens with zero attached hydrogens (tertiary/aromatic N) is 3. The Morgan fingerprint density at radius 1 is 1.12 bits per heavy atom. The van der Waals surface area contributed by atoms with Crippen LogP contribution >= 0.6 is 15.9 Å². The second-order valence-corrected chi connectivity index (χ2v) is 11.4. The first-order valence-electron chi connectivity index (χ1n) is 13.5. The van der Waals surface area contributed by atoms with Crippen LogP contribution in [0, 0.1) is 5.92 Å². The molecule has 216 valence electrons. The van der Waals surface area contributed by atoms with Crippen LogP contribution in [-0.4, -0.2) is 48.9 Å². The molecule has 0 fully saturated rings. The molecule has 0 saturated heterocycles. The highest BCUT2D eigenvalue weighted by Gasteiger charge is 2.48. The van der Waals surface area contributed by atoms with Gasteiger partial charge in [-0.05, 0) is 66.7 Å². The number of anilines is 2. The van der Waals surface area contributed by atoms with Gasteiger partial charge in [0.25, 0.3) is 0 Å². The first kappa shape index (κ1) is 29.2. The molecule has 0 spiro atoms. The predicted octanol–water partition coefficient (Wildman–Crippen LogP) is 4.21. The van der Waals surface area contributed by atoms with E-state index >= 15 is 0 Å². The summed E-state index contributed by atoms with van der Waals surface area (Å²) in [5.41, 5.74) is 7.09. The summed E-state index contributed by atoms with van der Waals surface area (Å²) in [6.45, 7) is 1.69. The number of fused-ring (bicyclic) bond motifs is 2. The molecule has 10 heteroatoms. The van der Waals surface area contributed by atoms with Crippen molar-refractivity contribution < 1.29 is 19.1 Å². The molecule has 0 saturated carbocycles. The predicted molar refractivity (Wildman–Crippen MR) is 166 cm³/mol. The third-order valence-electron chi connectivity index (χ3n) is 8.09. The molecule has 0 aliphatic carbocycles. The highest BCUT2D eigenvalue weighted by Crippen LogP contribution is 2.40. The minimum atomic E-state index is -1.45. The lowest BCUT2D eigenvalue weighted by Crippen LogP contribution is -2.63. The van der Waals surface area contributed by atoms with Gasteiger partial charge in [-0.3, -0.25) is 19.4 Å². The molecular weight excluding hydrogens is 598 g/mol. The van der Waals surface area contributed by atoms with Gasteiger partial charge in [-0.25, -0.2) is 0 Å². The van der Waals surface area contributed by atoms with E-state index < -0.39 is 17.4 Å². The summed E-state index contributed by atoms with van der Waals surface area (Å²) in [5.74, 6) is -1.65. The molecule has 2 heterocycles. The third-order valence-corrected chi connectivity index (χ3v) is 8.58. The van der Waals surface area contributed by atoms with Gasteiger partial charge < -0.3 is 25.6 Å². The highest BCUT2D eigenvalue weighted by atomic mass is 79.9. The Labute approximate surface area is 252 Å². The number of nitrogens with one attached hydrogen (secondary N) is 1. The Balaban J connectivity index is 1.68. The zero-order valence-electron chi connectivity index (χ0n) is 23.6. The van der Waals surface area contributed by atoms with Gasteiger partial charge in [0.05, 0.1) is 37.4 Å². The maximum Gasteiger partial charge on any atom is 0.238 e. The monoisotopic (exact) mass is 629 g/mol. The number of hydrogen-bond acceptors (Lipinski definition) is 6. The Morgan fingerprint density at radius 3 is 2.55 bits per heavy atom. The van der Waals surface area contributed by atoms with Gasteiger partial charge in [0.1, 0.15) is 11.3 Å². The van der Waals surface area contributed by atoms with Crippen LogP contribution in [0.2, 0.25) is 0 Å². The summed E-state index contributed by atoms with van der Waals surface area (Å²) in [5, 5.41) is 4.87. The van der Waals surface area contributed by atoms with E-state index in [0.717, 1.165) is 26.4 Å².